The molecule has 1 saturated carbocycles. The van der Waals surface area contributed by atoms with E-state index in [2.05, 4.69) is 0 Å². The van der Waals surface area contributed by atoms with Gasteiger partial charge in [0.1, 0.15) is 42.2 Å². The predicted molar refractivity (Wildman–Crippen MR) is 276 cm³/mol. The number of cyclic esters (lactones) is 1. The van der Waals surface area contributed by atoms with E-state index in [1.165, 1.54) is 26.0 Å². The van der Waals surface area contributed by atoms with Gasteiger partial charge in [0.2, 0.25) is 5.79 Å². The summed E-state index contributed by atoms with van der Waals surface area (Å²) >= 11 is 0. The van der Waals surface area contributed by atoms with Gasteiger partial charge in [-0.3, -0.25) is 19.2 Å². The van der Waals surface area contributed by atoms with Crippen molar-refractivity contribution in [2.75, 3.05) is 41.1 Å². The number of aliphatic hydroxyl groups excluding tert-OH is 3. The molecule has 4 rings (SSSR count). The zero-order chi connectivity index (χ0) is 55.1. The predicted octanol–water partition coefficient (Wildman–Crippen LogP) is 6.11. The Bertz CT molecular complexity index is 2030. The minimum Gasteiger partial charge on any atom is -0.461 e. The Morgan fingerprint density at radius 3 is 2.23 bits per heavy atom. The summed E-state index contributed by atoms with van der Waals surface area (Å²) in [7, 11) is 4.45. The molecule has 74 heavy (non-hydrogen) atoms. The Kier molecular flexibility index (Phi) is 24.1. The minimum absolute atomic E-state index is 0.00306. The molecule has 1 unspecified atom stereocenters. The number of aldehydes is 1. The summed E-state index contributed by atoms with van der Waals surface area (Å²) in [4.78, 5) is 84.5. The topological polar surface area (TPSA) is 242 Å². The lowest BCUT2D eigenvalue weighted by atomic mass is 9.77. The van der Waals surface area contributed by atoms with E-state index in [-0.39, 0.29) is 49.3 Å². The number of esters is 2. The molecule has 1 amide bonds. The van der Waals surface area contributed by atoms with Crippen LogP contribution in [0.15, 0.2) is 47.6 Å². The second kappa shape index (κ2) is 28.4. The van der Waals surface area contributed by atoms with Crippen LogP contribution in [0.25, 0.3) is 0 Å². The SMILES string of the molecule is CO[C@H]1C[C@@H]2CC[C@@H](C)[C@@](O)(O2)C(=O)C(=O)N2CCCC[C@H]2C(=O)O[C@H]([C@H](C)C[C@@H]2CC[C@@H](OC(=O)C(C)(CO)CO)[C@H](OC)C2)CC[C@](C)(C=O)/C=C(\C)C(O)[C@@H](OC)C(=O)[C@H](C)C[C@H](C)/C=C/C=C/C=C/1C. The van der Waals surface area contributed by atoms with Crippen molar-refractivity contribution in [1.29, 1.82) is 0 Å². The lowest BCUT2D eigenvalue weighted by Crippen LogP contribution is -2.61. The van der Waals surface area contributed by atoms with Gasteiger partial charge in [0.05, 0.1) is 31.5 Å². The molecule has 1 aliphatic carbocycles. The fourth-order valence-corrected chi connectivity index (χ4v) is 11.0. The standard InChI is InChI=1S/C57H89NO16/c1-35-17-13-12-14-18-36(2)46(69-9)30-42-22-20-40(6)57(68,74-42)51(64)52(65)58-26-16-15-19-43(58)53(66)72-44(24-25-55(7,32-59)31-39(5)49(63)50(71-11)48(62)38(4)27-35)37(3)28-41-21-23-45(47(29-41)70-10)73-54(67)56(8,33-60)34-61/h12-14,17-18,31-32,35,37-38,40-47,49-50,60-61,63,68H,15-16,19-30,33-34H2,1-11H3/b14-12+,17-13+,36-18+,39-31+/t35-,37-,38-,40-,41+,42+,43+,44+,45-,46+,47-,49?,50+,55+,57-/m1/s1. The van der Waals surface area contributed by atoms with Gasteiger partial charge < -0.3 is 58.5 Å². The average molecular weight is 1040 g/mol. The number of ether oxygens (including phenoxy) is 6. The molecule has 4 aliphatic rings. The lowest BCUT2D eigenvalue weighted by Gasteiger charge is -2.43. The molecule has 15 atom stereocenters. The van der Waals surface area contributed by atoms with Crippen molar-refractivity contribution in [3.05, 3.63) is 47.6 Å². The van der Waals surface area contributed by atoms with Gasteiger partial charge in [-0.2, -0.15) is 0 Å². The first-order valence-corrected chi connectivity index (χ1v) is 26.8. The molecule has 3 fully saturated rings. The van der Waals surface area contributed by atoms with Gasteiger partial charge in [-0.05, 0) is 134 Å². The zero-order valence-corrected chi connectivity index (χ0v) is 46.0. The first kappa shape index (κ1) is 62.6. The van der Waals surface area contributed by atoms with Gasteiger partial charge in [-0.1, -0.05) is 64.2 Å². The number of rotatable bonds is 11. The number of piperidine rings is 1. The molecule has 2 saturated heterocycles. The molecule has 17 heteroatoms. The normalized spacial score (nSPS) is 38.0. The van der Waals surface area contributed by atoms with Crippen LogP contribution in [0.5, 0.6) is 0 Å². The molecule has 0 spiro atoms. The molecule has 2 bridgehead atoms. The summed E-state index contributed by atoms with van der Waals surface area (Å²) in [5.41, 5.74) is -1.48. The van der Waals surface area contributed by atoms with E-state index in [9.17, 15) is 49.2 Å². The average Bonchev–Trinajstić information content (AvgIpc) is 3.39. The lowest BCUT2D eigenvalue weighted by molar-refractivity contribution is -0.265. The maximum absolute atomic E-state index is 14.6. The molecule has 0 radical (unpaired) electrons. The highest BCUT2D eigenvalue weighted by Crippen LogP contribution is 2.39. The monoisotopic (exact) mass is 1040 g/mol. The second-order valence-corrected chi connectivity index (χ2v) is 22.5. The highest BCUT2D eigenvalue weighted by atomic mass is 16.6. The molecule has 0 aromatic rings. The van der Waals surface area contributed by atoms with Crippen LogP contribution in [0.3, 0.4) is 0 Å². The highest BCUT2D eigenvalue weighted by molar-refractivity contribution is 6.39. The van der Waals surface area contributed by atoms with Gasteiger partial charge in [-0.25, -0.2) is 4.79 Å². The van der Waals surface area contributed by atoms with Crippen LogP contribution < -0.4 is 0 Å². The largest absolute Gasteiger partial charge is 0.461 e. The van der Waals surface area contributed by atoms with Crippen molar-refractivity contribution in [2.24, 2.45) is 40.4 Å². The number of hydrogen-bond acceptors (Lipinski definition) is 16. The molecule has 418 valence electrons. The van der Waals surface area contributed by atoms with Gasteiger partial charge in [0.15, 0.2) is 5.78 Å². The van der Waals surface area contributed by atoms with Crippen molar-refractivity contribution >= 4 is 35.7 Å². The highest BCUT2D eigenvalue weighted by Gasteiger charge is 2.53. The number of amides is 1. The Balaban J connectivity index is 1.71. The number of allylic oxidation sites excluding steroid dienone is 6. The molecule has 4 N–H and O–H groups in total. The van der Waals surface area contributed by atoms with Gasteiger partial charge in [0, 0.05) is 51.5 Å². The van der Waals surface area contributed by atoms with E-state index in [4.69, 9.17) is 28.4 Å². The van der Waals surface area contributed by atoms with Crippen LogP contribution in [0.1, 0.15) is 139 Å². The number of carbonyl (C=O) groups is 6. The summed E-state index contributed by atoms with van der Waals surface area (Å²) in [5.74, 6) is -7.97. The first-order valence-electron chi connectivity index (χ1n) is 26.8. The summed E-state index contributed by atoms with van der Waals surface area (Å²) < 4.78 is 35.7. The summed E-state index contributed by atoms with van der Waals surface area (Å²) in [6.45, 7) is 12.9. The van der Waals surface area contributed by atoms with E-state index < -0.39 is 114 Å². The van der Waals surface area contributed by atoms with Crippen molar-refractivity contribution < 1.29 is 77.6 Å². The van der Waals surface area contributed by atoms with Gasteiger partial charge in [0.25, 0.3) is 11.7 Å². The van der Waals surface area contributed by atoms with Gasteiger partial charge in [-0.15, -0.1) is 0 Å². The van der Waals surface area contributed by atoms with Crippen molar-refractivity contribution in [3.63, 3.8) is 0 Å². The molecular weight excluding hydrogens is 955 g/mol. The van der Waals surface area contributed by atoms with E-state index in [1.807, 2.05) is 51.2 Å². The van der Waals surface area contributed by atoms with E-state index in [0.29, 0.717) is 69.8 Å². The first-order chi connectivity index (χ1) is 34.9. The molecule has 17 nitrogen and oxygen atoms in total. The van der Waals surface area contributed by atoms with Crippen LogP contribution in [0, 0.1) is 40.4 Å². The fraction of sp³-hybridized carbons (Fsp3) is 0.754. The number of nitrogens with zero attached hydrogens (tertiary/aromatic N) is 1. The van der Waals surface area contributed by atoms with Crippen LogP contribution >= 0.6 is 0 Å². The Hall–Kier alpha value is -3.94. The molecule has 3 aliphatic heterocycles. The van der Waals surface area contributed by atoms with E-state index >= 15 is 0 Å². The summed E-state index contributed by atoms with van der Waals surface area (Å²) in [5, 5.41) is 43.3. The Morgan fingerprint density at radius 2 is 1.59 bits per heavy atom. The van der Waals surface area contributed by atoms with Crippen molar-refractivity contribution in [1.82, 2.24) is 4.90 Å². The Labute approximate surface area is 439 Å². The molecule has 0 aromatic heterocycles. The van der Waals surface area contributed by atoms with E-state index in [1.54, 1.807) is 40.9 Å². The maximum atomic E-state index is 14.6. The third-order valence-corrected chi connectivity index (χ3v) is 16.3. The second-order valence-electron chi connectivity index (χ2n) is 22.5. The van der Waals surface area contributed by atoms with Crippen molar-refractivity contribution in [2.45, 2.75) is 193 Å². The van der Waals surface area contributed by atoms with E-state index in [0.717, 1.165) is 11.9 Å². The molecular formula is C57H89NO16. The summed E-state index contributed by atoms with van der Waals surface area (Å²) in [6, 6.07) is -1.16. The number of hydrogen-bond donors (Lipinski definition) is 4. The number of aliphatic hydroxyl groups is 4. The third kappa shape index (κ3) is 16.1. The van der Waals surface area contributed by atoms with Crippen LogP contribution in [0.4, 0.5) is 0 Å². The minimum atomic E-state index is -2.46. The third-order valence-electron chi connectivity index (χ3n) is 16.3. The van der Waals surface area contributed by atoms with Gasteiger partial charge >= 0.3 is 11.9 Å². The van der Waals surface area contributed by atoms with Crippen LogP contribution in [-0.2, 0) is 57.2 Å². The fourth-order valence-electron chi connectivity index (χ4n) is 11.0. The number of Topliss-reactive ketones (excluding diaryl/α,β-unsaturated/α-hetero) is 2. The number of ketones is 2. The number of methoxy groups -OCH3 is 3. The van der Waals surface area contributed by atoms with Crippen LogP contribution in [0.2, 0.25) is 0 Å². The smallest absolute Gasteiger partial charge is 0.329 e. The zero-order valence-electron chi connectivity index (χ0n) is 46.0. The quantitative estimate of drug-likeness (QED) is 0.0790. The molecule has 3 heterocycles. The van der Waals surface area contributed by atoms with Crippen LogP contribution in [-0.4, -0.2) is 157 Å². The number of carbonyl (C=O) groups excluding carboxylic acids is 6. The summed E-state index contributed by atoms with van der Waals surface area (Å²) in [6.07, 6.45) is 11.6. The Morgan fingerprint density at radius 1 is 0.892 bits per heavy atom. The number of fused-ring (bicyclic) bond motifs is 3. The molecule has 0 aromatic carbocycles. The van der Waals surface area contributed by atoms with Crippen molar-refractivity contribution in [3.8, 4) is 0 Å². The maximum Gasteiger partial charge on any atom is 0.329 e.